The normalized spacial score (nSPS) is 20.6. The van der Waals surface area contributed by atoms with Crippen LogP contribution in [0.3, 0.4) is 0 Å². The highest BCUT2D eigenvalue weighted by Crippen LogP contribution is 2.26. The highest BCUT2D eigenvalue weighted by molar-refractivity contribution is 7.14. The summed E-state index contributed by atoms with van der Waals surface area (Å²) in [5.41, 5.74) is 0.730. The van der Waals surface area contributed by atoms with Gasteiger partial charge in [-0.25, -0.2) is 14.7 Å². The van der Waals surface area contributed by atoms with Crippen molar-refractivity contribution in [2.75, 3.05) is 4.90 Å². The van der Waals surface area contributed by atoms with Crippen molar-refractivity contribution in [1.82, 2.24) is 10.3 Å². The van der Waals surface area contributed by atoms with E-state index >= 15 is 0 Å². The molecular formula is C11H13N3O3S. The van der Waals surface area contributed by atoms with E-state index in [0.717, 1.165) is 10.6 Å². The topological polar surface area (TPSA) is 79.4 Å². The summed E-state index contributed by atoms with van der Waals surface area (Å²) in [7, 11) is 0. The van der Waals surface area contributed by atoms with Gasteiger partial charge in [0.1, 0.15) is 5.92 Å². The van der Waals surface area contributed by atoms with Gasteiger partial charge in [-0.15, -0.1) is 11.3 Å². The van der Waals surface area contributed by atoms with Crippen LogP contribution >= 0.6 is 11.3 Å². The number of carbonyl (C=O) groups is 3. The smallest absolute Gasteiger partial charge is 0.277 e. The second-order valence-corrected chi connectivity index (χ2v) is 5.30. The average molecular weight is 267 g/mol. The number of hydrogen-bond donors (Lipinski definition) is 1. The van der Waals surface area contributed by atoms with Crippen LogP contribution in [0.1, 0.15) is 19.5 Å². The molecule has 0 saturated carbocycles. The molecule has 0 radical (unpaired) electrons. The molecule has 0 aliphatic carbocycles. The molecule has 0 aromatic carbocycles. The van der Waals surface area contributed by atoms with Crippen molar-refractivity contribution in [2.45, 2.75) is 20.8 Å². The predicted molar refractivity (Wildman–Crippen MR) is 66.2 cm³/mol. The number of carbonyl (C=O) groups excluding carboxylic acids is 3. The standard InChI is InChI=1S/C11H13N3O3S/c1-5(2)7-8(15)13-10(17)14(9(7)16)11-12-6(3)4-18-11/h4-5,7H,1-3H3,(H,13,15,17). The number of aromatic nitrogens is 1. The van der Waals surface area contributed by atoms with Crippen molar-refractivity contribution in [3.63, 3.8) is 0 Å². The Hall–Kier alpha value is -1.76. The second-order valence-electron chi connectivity index (χ2n) is 4.46. The van der Waals surface area contributed by atoms with Gasteiger partial charge in [0.25, 0.3) is 0 Å². The van der Waals surface area contributed by atoms with E-state index in [9.17, 15) is 14.4 Å². The molecule has 2 rings (SSSR count). The van der Waals surface area contributed by atoms with Crippen molar-refractivity contribution >= 4 is 34.3 Å². The zero-order valence-electron chi connectivity index (χ0n) is 10.3. The maximum Gasteiger partial charge on any atom is 0.337 e. The molecule has 1 aliphatic heterocycles. The molecule has 0 bridgehead atoms. The Morgan fingerprint density at radius 2 is 2.06 bits per heavy atom. The summed E-state index contributed by atoms with van der Waals surface area (Å²) in [4.78, 5) is 40.6. The third-order valence-corrected chi connectivity index (χ3v) is 3.61. The van der Waals surface area contributed by atoms with Gasteiger partial charge in [-0.05, 0) is 12.8 Å². The minimum Gasteiger partial charge on any atom is -0.277 e. The largest absolute Gasteiger partial charge is 0.337 e. The molecule has 7 heteroatoms. The first-order chi connectivity index (χ1) is 8.41. The third-order valence-electron chi connectivity index (χ3n) is 2.67. The van der Waals surface area contributed by atoms with E-state index in [-0.39, 0.29) is 5.92 Å². The van der Waals surface area contributed by atoms with Crippen LogP contribution in [0.2, 0.25) is 0 Å². The van der Waals surface area contributed by atoms with Gasteiger partial charge < -0.3 is 0 Å². The van der Waals surface area contributed by atoms with E-state index in [4.69, 9.17) is 0 Å². The highest BCUT2D eigenvalue weighted by atomic mass is 32.1. The van der Waals surface area contributed by atoms with Gasteiger partial charge in [-0.1, -0.05) is 13.8 Å². The average Bonchev–Trinajstić information content (AvgIpc) is 2.63. The van der Waals surface area contributed by atoms with Crippen LogP contribution < -0.4 is 10.2 Å². The zero-order chi connectivity index (χ0) is 13.4. The first-order valence-electron chi connectivity index (χ1n) is 5.52. The Labute approximate surface area is 108 Å². The first-order valence-corrected chi connectivity index (χ1v) is 6.40. The summed E-state index contributed by atoms with van der Waals surface area (Å²) in [6.07, 6.45) is 0. The number of aryl methyl sites for hydroxylation is 1. The second kappa shape index (κ2) is 4.49. The van der Waals surface area contributed by atoms with Gasteiger partial charge in [0.15, 0.2) is 0 Å². The summed E-state index contributed by atoms with van der Waals surface area (Å²) in [5.74, 6) is -2.06. The number of amides is 4. The first kappa shape index (κ1) is 12.7. The maximum absolute atomic E-state index is 12.2. The highest BCUT2D eigenvalue weighted by Gasteiger charge is 2.43. The Bertz CT molecular complexity index is 523. The van der Waals surface area contributed by atoms with E-state index < -0.39 is 23.8 Å². The van der Waals surface area contributed by atoms with Crippen LogP contribution in [0.4, 0.5) is 9.93 Å². The lowest BCUT2D eigenvalue weighted by molar-refractivity contribution is -0.136. The number of anilines is 1. The van der Waals surface area contributed by atoms with E-state index in [1.54, 1.807) is 26.2 Å². The maximum atomic E-state index is 12.2. The number of nitrogens with one attached hydrogen (secondary N) is 1. The van der Waals surface area contributed by atoms with Crippen LogP contribution in [-0.4, -0.2) is 22.8 Å². The van der Waals surface area contributed by atoms with Crippen molar-refractivity contribution in [3.05, 3.63) is 11.1 Å². The number of rotatable bonds is 2. The Kier molecular flexibility index (Phi) is 3.16. The molecule has 6 nitrogen and oxygen atoms in total. The Morgan fingerprint density at radius 3 is 2.56 bits per heavy atom. The molecule has 1 aromatic heterocycles. The summed E-state index contributed by atoms with van der Waals surface area (Å²) in [5, 5.41) is 4.24. The van der Waals surface area contributed by atoms with E-state index in [2.05, 4.69) is 10.3 Å². The minimum atomic E-state index is -0.841. The summed E-state index contributed by atoms with van der Waals surface area (Å²) < 4.78 is 0. The quantitative estimate of drug-likeness (QED) is 0.819. The molecule has 2 heterocycles. The van der Waals surface area contributed by atoms with Gasteiger partial charge in [0.05, 0.1) is 5.69 Å². The van der Waals surface area contributed by atoms with Crippen LogP contribution in [0.5, 0.6) is 0 Å². The molecule has 1 fully saturated rings. The van der Waals surface area contributed by atoms with Gasteiger partial charge >= 0.3 is 6.03 Å². The van der Waals surface area contributed by atoms with E-state index in [1.165, 1.54) is 11.3 Å². The fourth-order valence-corrected chi connectivity index (χ4v) is 2.61. The number of imide groups is 2. The number of hydrogen-bond acceptors (Lipinski definition) is 5. The molecule has 96 valence electrons. The molecule has 1 atom stereocenters. The number of nitrogens with zero attached hydrogens (tertiary/aromatic N) is 2. The van der Waals surface area contributed by atoms with Gasteiger partial charge in [-0.2, -0.15) is 0 Å². The molecular weight excluding hydrogens is 254 g/mol. The number of barbiturate groups is 1. The summed E-state index contributed by atoms with van der Waals surface area (Å²) in [6.45, 7) is 5.31. The van der Waals surface area contributed by atoms with Crippen LogP contribution in [-0.2, 0) is 9.59 Å². The monoisotopic (exact) mass is 267 g/mol. The van der Waals surface area contributed by atoms with Gasteiger partial charge in [0, 0.05) is 5.38 Å². The molecule has 0 spiro atoms. The minimum absolute atomic E-state index is 0.172. The molecule has 1 N–H and O–H groups in total. The molecule has 18 heavy (non-hydrogen) atoms. The fraction of sp³-hybridized carbons (Fsp3) is 0.455. The SMILES string of the molecule is Cc1csc(N2C(=O)NC(=O)C(C(C)C)C2=O)n1. The lowest BCUT2D eigenvalue weighted by Crippen LogP contribution is -2.59. The lowest BCUT2D eigenvalue weighted by atomic mass is 9.92. The fourth-order valence-electron chi connectivity index (χ4n) is 1.80. The number of thiazole rings is 1. The molecule has 4 amide bonds. The molecule has 1 unspecified atom stereocenters. The van der Waals surface area contributed by atoms with Crippen LogP contribution in [0.25, 0.3) is 0 Å². The van der Waals surface area contributed by atoms with Crippen molar-refractivity contribution in [1.29, 1.82) is 0 Å². The van der Waals surface area contributed by atoms with Crippen molar-refractivity contribution in [2.24, 2.45) is 11.8 Å². The number of urea groups is 1. The van der Waals surface area contributed by atoms with Crippen molar-refractivity contribution < 1.29 is 14.4 Å². The van der Waals surface area contributed by atoms with Crippen LogP contribution in [0.15, 0.2) is 5.38 Å². The van der Waals surface area contributed by atoms with Gasteiger partial charge in [0.2, 0.25) is 16.9 Å². The van der Waals surface area contributed by atoms with Crippen LogP contribution in [0, 0.1) is 18.8 Å². The summed E-state index contributed by atoms with van der Waals surface area (Å²) in [6, 6.07) is -0.726. The zero-order valence-corrected chi connectivity index (χ0v) is 11.1. The molecule has 1 aliphatic rings. The predicted octanol–water partition coefficient (Wildman–Crippen LogP) is 1.31. The van der Waals surface area contributed by atoms with E-state index in [1.807, 2.05) is 0 Å². The third kappa shape index (κ3) is 2.01. The van der Waals surface area contributed by atoms with Gasteiger partial charge in [-0.3, -0.25) is 14.9 Å². The van der Waals surface area contributed by atoms with E-state index in [0.29, 0.717) is 5.13 Å². The van der Waals surface area contributed by atoms with Crippen molar-refractivity contribution in [3.8, 4) is 0 Å². The Morgan fingerprint density at radius 1 is 1.39 bits per heavy atom. The summed E-state index contributed by atoms with van der Waals surface area (Å²) >= 11 is 1.20. The lowest BCUT2D eigenvalue weighted by Gasteiger charge is -2.30. The molecule has 1 aromatic rings. The Balaban J connectivity index is 2.38. The molecule has 1 saturated heterocycles.